The molecule has 1 saturated heterocycles. The van der Waals surface area contributed by atoms with Gasteiger partial charge in [0.2, 0.25) is 0 Å². The molecule has 1 heterocycles. The van der Waals surface area contributed by atoms with E-state index in [0.717, 1.165) is 12.8 Å². The number of carbonyl (C=O) groups is 2. The predicted molar refractivity (Wildman–Crippen MR) is 80.0 cm³/mol. The molecule has 1 aliphatic heterocycles. The zero-order valence-corrected chi connectivity index (χ0v) is 13.2. The van der Waals surface area contributed by atoms with Gasteiger partial charge in [-0.15, -0.1) is 0 Å². The molecule has 0 bridgehead atoms. The Morgan fingerprint density at radius 3 is 2.57 bits per heavy atom. The summed E-state index contributed by atoms with van der Waals surface area (Å²) < 4.78 is 0. The lowest BCUT2D eigenvalue weighted by Gasteiger charge is -2.34. The van der Waals surface area contributed by atoms with Gasteiger partial charge in [0.25, 0.3) is 0 Å². The summed E-state index contributed by atoms with van der Waals surface area (Å²) in [7, 11) is 0. The number of amides is 2. The first kappa shape index (κ1) is 17.8. The number of aliphatic hydroxyl groups excluding tert-OH is 1. The van der Waals surface area contributed by atoms with Crippen LogP contribution in [-0.4, -0.2) is 52.9 Å². The maximum Gasteiger partial charge on any atom is 0.317 e. The van der Waals surface area contributed by atoms with Crippen LogP contribution in [0.1, 0.15) is 40.0 Å². The second-order valence-electron chi connectivity index (χ2n) is 6.56. The molecule has 1 aliphatic rings. The SMILES string of the molecule is CC(C)C[C@H](CNC(=O)N1CCC(C)C(O)C1)CC(=O)O. The number of aliphatic hydroxyl groups is 1. The molecule has 0 aromatic rings. The van der Waals surface area contributed by atoms with Gasteiger partial charge in [-0.3, -0.25) is 4.79 Å². The fourth-order valence-corrected chi connectivity index (χ4v) is 2.73. The van der Waals surface area contributed by atoms with Crippen LogP contribution in [0, 0.1) is 17.8 Å². The van der Waals surface area contributed by atoms with Crippen molar-refractivity contribution < 1.29 is 19.8 Å². The zero-order chi connectivity index (χ0) is 16.0. The summed E-state index contributed by atoms with van der Waals surface area (Å²) in [5.41, 5.74) is 0. The first-order valence-electron chi connectivity index (χ1n) is 7.72. The maximum absolute atomic E-state index is 12.1. The number of likely N-dealkylation sites (tertiary alicyclic amines) is 1. The Hall–Kier alpha value is -1.30. The quantitative estimate of drug-likeness (QED) is 0.694. The highest BCUT2D eigenvalue weighted by atomic mass is 16.4. The van der Waals surface area contributed by atoms with Crippen molar-refractivity contribution in [2.75, 3.05) is 19.6 Å². The van der Waals surface area contributed by atoms with Gasteiger partial charge in [-0.2, -0.15) is 0 Å². The van der Waals surface area contributed by atoms with Crippen molar-refractivity contribution in [3.8, 4) is 0 Å². The van der Waals surface area contributed by atoms with E-state index in [-0.39, 0.29) is 24.3 Å². The number of hydrogen-bond donors (Lipinski definition) is 3. The van der Waals surface area contributed by atoms with Crippen molar-refractivity contribution in [1.29, 1.82) is 0 Å². The van der Waals surface area contributed by atoms with Gasteiger partial charge in [0.1, 0.15) is 0 Å². The molecular formula is C15H28N2O4. The topological polar surface area (TPSA) is 89.9 Å². The summed E-state index contributed by atoms with van der Waals surface area (Å²) in [4.78, 5) is 24.6. The van der Waals surface area contributed by atoms with Gasteiger partial charge in [0, 0.05) is 26.1 Å². The number of β-amino-alcohol motifs (C(OH)–C–C–N with tert-alkyl or cyclic N) is 1. The Bertz CT molecular complexity index is 360. The molecular weight excluding hydrogens is 272 g/mol. The van der Waals surface area contributed by atoms with Crippen LogP contribution in [0.15, 0.2) is 0 Å². The number of urea groups is 1. The molecule has 0 spiro atoms. The van der Waals surface area contributed by atoms with E-state index >= 15 is 0 Å². The van der Waals surface area contributed by atoms with Crippen molar-refractivity contribution in [2.24, 2.45) is 17.8 Å². The minimum atomic E-state index is -0.836. The zero-order valence-electron chi connectivity index (χ0n) is 13.2. The molecule has 1 rings (SSSR count). The number of hydrogen-bond acceptors (Lipinski definition) is 3. The number of piperidine rings is 1. The van der Waals surface area contributed by atoms with E-state index in [4.69, 9.17) is 5.11 Å². The molecule has 21 heavy (non-hydrogen) atoms. The second-order valence-corrected chi connectivity index (χ2v) is 6.56. The van der Waals surface area contributed by atoms with E-state index in [1.54, 1.807) is 4.90 Å². The third kappa shape index (κ3) is 6.33. The van der Waals surface area contributed by atoms with Crippen LogP contribution in [0.3, 0.4) is 0 Å². The van der Waals surface area contributed by atoms with Gasteiger partial charge >= 0.3 is 12.0 Å². The van der Waals surface area contributed by atoms with Crippen molar-refractivity contribution in [3.63, 3.8) is 0 Å². The number of nitrogens with one attached hydrogen (secondary N) is 1. The van der Waals surface area contributed by atoms with E-state index in [0.29, 0.717) is 25.6 Å². The molecule has 0 saturated carbocycles. The smallest absolute Gasteiger partial charge is 0.317 e. The second kappa shape index (κ2) is 8.22. The van der Waals surface area contributed by atoms with E-state index in [1.165, 1.54) is 0 Å². The number of carboxylic acid groups (broad SMARTS) is 1. The minimum Gasteiger partial charge on any atom is -0.481 e. The normalized spacial score (nSPS) is 24.0. The summed E-state index contributed by atoms with van der Waals surface area (Å²) >= 11 is 0. The van der Waals surface area contributed by atoms with Gasteiger partial charge in [0.15, 0.2) is 0 Å². The van der Waals surface area contributed by atoms with Gasteiger partial charge < -0.3 is 20.4 Å². The average Bonchev–Trinajstić information content (AvgIpc) is 2.37. The van der Waals surface area contributed by atoms with E-state index in [2.05, 4.69) is 5.32 Å². The Labute approximate surface area is 126 Å². The lowest BCUT2D eigenvalue weighted by atomic mass is 9.94. The molecule has 0 aromatic heterocycles. The van der Waals surface area contributed by atoms with Crippen molar-refractivity contribution in [3.05, 3.63) is 0 Å². The molecule has 3 atom stereocenters. The Morgan fingerprint density at radius 2 is 2.05 bits per heavy atom. The Morgan fingerprint density at radius 1 is 1.38 bits per heavy atom. The van der Waals surface area contributed by atoms with E-state index in [9.17, 15) is 14.7 Å². The number of carbonyl (C=O) groups excluding carboxylic acids is 1. The number of nitrogens with zero attached hydrogens (tertiary/aromatic N) is 1. The Balaban J connectivity index is 2.43. The summed E-state index contributed by atoms with van der Waals surface area (Å²) in [5, 5.41) is 21.5. The highest BCUT2D eigenvalue weighted by Gasteiger charge is 2.27. The summed E-state index contributed by atoms with van der Waals surface area (Å²) in [6.45, 7) is 7.41. The highest BCUT2D eigenvalue weighted by molar-refractivity contribution is 5.74. The number of aliphatic carboxylic acids is 1. The fraction of sp³-hybridized carbons (Fsp3) is 0.867. The monoisotopic (exact) mass is 300 g/mol. The molecule has 0 aliphatic carbocycles. The standard InChI is InChI=1S/C15H28N2O4/c1-10(2)6-12(7-14(19)20)8-16-15(21)17-5-4-11(3)13(18)9-17/h10-13,18H,4-9H2,1-3H3,(H,16,21)(H,19,20)/t11?,12-,13?/m0/s1. The minimum absolute atomic E-state index is 0.0555. The molecule has 2 unspecified atom stereocenters. The van der Waals surface area contributed by atoms with Gasteiger partial charge in [-0.25, -0.2) is 4.79 Å². The van der Waals surface area contributed by atoms with Crippen molar-refractivity contribution >= 4 is 12.0 Å². The van der Waals surface area contributed by atoms with Crippen LogP contribution in [0.5, 0.6) is 0 Å². The number of carboxylic acids is 1. The first-order chi connectivity index (χ1) is 9.79. The van der Waals surface area contributed by atoms with Gasteiger partial charge in [-0.05, 0) is 30.6 Å². The third-order valence-corrected chi connectivity index (χ3v) is 4.02. The van der Waals surface area contributed by atoms with Crippen LogP contribution in [0.25, 0.3) is 0 Å². The van der Waals surface area contributed by atoms with E-state index in [1.807, 2.05) is 20.8 Å². The van der Waals surface area contributed by atoms with Crippen LogP contribution >= 0.6 is 0 Å². The van der Waals surface area contributed by atoms with Crippen LogP contribution < -0.4 is 5.32 Å². The first-order valence-corrected chi connectivity index (χ1v) is 7.72. The fourth-order valence-electron chi connectivity index (χ4n) is 2.73. The van der Waals surface area contributed by atoms with Crippen LogP contribution in [-0.2, 0) is 4.79 Å². The summed E-state index contributed by atoms with van der Waals surface area (Å²) in [5.74, 6) is -0.282. The van der Waals surface area contributed by atoms with Crippen LogP contribution in [0.2, 0.25) is 0 Å². The number of rotatable bonds is 6. The van der Waals surface area contributed by atoms with E-state index < -0.39 is 12.1 Å². The maximum atomic E-state index is 12.1. The van der Waals surface area contributed by atoms with Crippen LogP contribution in [0.4, 0.5) is 4.79 Å². The molecule has 0 radical (unpaired) electrons. The van der Waals surface area contributed by atoms with Gasteiger partial charge in [0.05, 0.1) is 6.10 Å². The predicted octanol–water partition coefficient (Wildman–Crippen LogP) is 1.54. The van der Waals surface area contributed by atoms with Crippen molar-refractivity contribution in [1.82, 2.24) is 10.2 Å². The molecule has 6 nitrogen and oxygen atoms in total. The molecule has 3 N–H and O–H groups in total. The lowest BCUT2D eigenvalue weighted by Crippen LogP contribution is -2.50. The largest absolute Gasteiger partial charge is 0.481 e. The average molecular weight is 300 g/mol. The molecule has 1 fully saturated rings. The van der Waals surface area contributed by atoms with Crippen molar-refractivity contribution in [2.45, 2.75) is 46.1 Å². The molecule has 122 valence electrons. The third-order valence-electron chi connectivity index (χ3n) is 4.02. The summed E-state index contributed by atoms with van der Waals surface area (Å²) in [6, 6.07) is -0.208. The molecule has 0 aromatic carbocycles. The van der Waals surface area contributed by atoms with Gasteiger partial charge in [-0.1, -0.05) is 20.8 Å². The molecule has 2 amide bonds. The highest BCUT2D eigenvalue weighted by Crippen LogP contribution is 2.18. The molecule has 6 heteroatoms. The summed E-state index contributed by atoms with van der Waals surface area (Å²) in [6.07, 6.45) is 1.15. The Kier molecular flexibility index (Phi) is 6.95. The lowest BCUT2D eigenvalue weighted by molar-refractivity contribution is -0.138.